The normalized spacial score (nSPS) is 20.4. The minimum atomic E-state index is -1.06. The van der Waals surface area contributed by atoms with Crippen molar-refractivity contribution in [3.8, 4) is 0 Å². The Labute approximate surface area is 102 Å². The Morgan fingerprint density at radius 2 is 1.88 bits per heavy atom. The van der Waals surface area contributed by atoms with Gasteiger partial charge in [0, 0.05) is 6.04 Å². The zero-order valence-electron chi connectivity index (χ0n) is 10.6. The number of carboxylic acid groups (broad SMARTS) is 1. The molecule has 0 heterocycles. The molecule has 2 amide bonds. The number of hydrogen-bond donors (Lipinski definition) is 3. The molecule has 0 radical (unpaired) electrons. The van der Waals surface area contributed by atoms with Crippen LogP contribution in [0.4, 0.5) is 4.79 Å². The van der Waals surface area contributed by atoms with E-state index in [0.717, 1.165) is 25.7 Å². The monoisotopic (exact) mass is 242 g/mol. The molecule has 98 valence electrons. The van der Waals surface area contributed by atoms with Gasteiger partial charge >= 0.3 is 12.0 Å². The zero-order chi connectivity index (χ0) is 12.9. The highest BCUT2D eigenvalue weighted by molar-refractivity contribution is 5.86. The van der Waals surface area contributed by atoms with Gasteiger partial charge in [-0.25, -0.2) is 9.59 Å². The first kappa shape index (κ1) is 13.8. The highest BCUT2D eigenvalue weighted by Gasteiger charge is 2.41. The summed E-state index contributed by atoms with van der Waals surface area (Å²) in [6.45, 7) is 3.87. The number of urea groups is 1. The molecule has 0 aromatic heterocycles. The summed E-state index contributed by atoms with van der Waals surface area (Å²) >= 11 is 0. The van der Waals surface area contributed by atoms with Gasteiger partial charge in [-0.05, 0) is 26.2 Å². The number of nitrogens with one attached hydrogen (secondary N) is 2. The molecular formula is C12H22N2O3. The van der Waals surface area contributed by atoms with Crippen LogP contribution in [0.1, 0.15) is 52.4 Å². The highest BCUT2D eigenvalue weighted by atomic mass is 16.4. The Kier molecular flexibility index (Phi) is 4.78. The summed E-state index contributed by atoms with van der Waals surface area (Å²) in [5.74, 6) is -0.920. The van der Waals surface area contributed by atoms with Crippen molar-refractivity contribution in [2.24, 2.45) is 0 Å². The van der Waals surface area contributed by atoms with Crippen molar-refractivity contribution in [1.29, 1.82) is 0 Å². The second-order valence-corrected chi connectivity index (χ2v) is 4.86. The van der Waals surface area contributed by atoms with Gasteiger partial charge in [0.2, 0.25) is 0 Å². The maximum atomic E-state index is 11.7. The molecule has 17 heavy (non-hydrogen) atoms. The van der Waals surface area contributed by atoms with Gasteiger partial charge in [0.25, 0.3) is 0 Å². The van der Waals surface area contributed by atoms with Crippen LogP contribution in [0.2, 0.25) is 0 Å². The molecule has 1 fully saturated rings. The van der Waals surface area contributed by atoms with Crippen molar-refractivity contribution in [1.82, 2.24) is 10.6 Å². The van der Waals surface area contributed by atoms with Gasteiger partial charge in [0.05, 0.1) is 0 Å². The lowest BCUT2D eigenvalue weighted by Crippen LogP contribution is -2.58. The molecule has 0 saturated heterocycles. The van der Waals surface area contributed by atoms with Crippen LogP contribution in [0.5, 0.6) is 0 Å². The molecule has 1 unspecified atom stereocenters. The Morgan fingerprint density at radius 1 is 1.29 bits per heavy atom. The first-order valence-electron chi connectivity index (χ1n) is 6.32. The average molecular weight is 242 g/mol. The second kappa shape index (κ2) is 5.89. The van der Waals surface area contributed by atoms with Crippen molar-refractivity contribution in [3.63, 3.8) is 0 Å². The third kappa shape index (κ3) is 3.61. The van der Waals surface area contributed by atoms with E-state index in [0.29, 0.717) is 12.8 Å². The summed E-state index contributed by atoms with van der Waals surface area (Å²) in [6, 6.07) is -0.312. The Bertz CT molecular complexity index is 285. The maximum Gasteiger partial charge on any atom is 0.329 e. The molecule has 0 aromatic rings. The van der Waals surface area contributed by atoms with E-state index in [-0.39, 0.29) is 12.1 Å². The predicted octanol–water partition coefficient (Wildman–Crippen LogP) is 1.87. The molecule has 0 bridgehead atoms. The summed E-state index contributed by atoms with van der Waals surface area (Å²) in [6.07, 6.45) is 4.63. The van der Waals surface area contributed by atoms with Crippen LogP contribution < -0.4 is 10.6 Å². The van der Waals surface area contributed by atoms with E-state index in [1.54, 1.807) is 0 Å². The number of carbonyl (C=O) groups excluding carboxylic acids is 1. The third-order valence-corrected chi connectivity index (χ3v) is 3.46. The van der Waals surface area contributed by atoms with Crippen molar-refractivity contribution in [3.05, 3.63) is 0 Å². The van der Waals surface area contributed by atoms with E-state index >= 15 is 0 Å². The van der Waals surface area contributed by atoms with Crippen LogP contribution >= 0.6 is 0 Å². The van der Waals surface area contributed by atoms with Crippen LogP contribution in [0, 0.1) is 0 Å². The fourth-order valence-corrected chi connectivity index (χ4v) is 2.13. The quantitative estimate of drug-likeness (QED) is 0.704. The summed E-state index contributed by atoms with van der Waals surface area (Å²) < 4.78 is 0. The Hall–Kier alpha value is -1.26. The third-order valence-electron chi connectivity index (χ3n) is 3.46. The van der Waals surface area contributed by atoms with Crippen LogP contribution in [0.25, 0.3) is 0 Å². The van der Waals surface area contributed by atoms with Crippen molar-refractivity contribution < 1.29 is 14.7 Å². The number of hydrogen-bond acceptors (Lipinski definition) is 2. The van der Waals surface area contributed by atoms with Crippen LogP contribution in [-0.2, 0) is 4.79 Å². The molecule has 1 rings (SSSR count). The number of amides is 2. The summed E-state index contributed by atoms with van der Waals surface area (Å²) in [5.41, 5.74) is -1.06. The van der Waals surface area contributed by atoms with Gasteiger partial charge < -0.3 is 15.7 Å². The van der Waals surface area contributed by atoms with E-state index in [1.807, 2.05) is 13.8 Å². The molecule has 5 nitrogen and oxygen atoms in total. The van der Waals surface area contributed by atoms with E-state index in [4.69, 9.17) is 0 Å². The van der Waals surface area contributed by atoms with Gasteiger partial charge in [-0.15, -0.1) is 0 Å². The topological polar surface area (TPSA) is 78.4 Å². The van der Waals surface area contributed by atoms with Gasteiger partial charge in [-0.3, -0.25) is 0 Å². The lowest BCUT2D eigenvalue weighted by atomic mass is 9.82. The minimum absolute atomic E-state index is 0.0597. The highest BCUT2D eigenvalue weighted by Crippen LogP contribution is 2.28. The molecule has 1 saturated carbocycles. The van der Waals surface area contributed by atoms with E-state index in [2.05, 4.69) is 10.6 Å². The van der Waals surface area contributed by atoms with E-state index in [1.165, 1.54) is 0 Å². The van der Waals surface area contributed by atoms with E-state index < -0.39 is 11.5 Å². The lowest BCUT2D eigenvalue weighted by Gasteiger charge is -2.34. The first-order valence-corrected chi connectivity index (χ1v) is 6.32. The van der Waals surface area contributed by atoms with E-state index in [9.17, 15) is 14.7 Å². The second-order valence-electron chi connectivity index (χ2n) is 4.86. The minimum Gasteiger partial charge on any atom is -0.480 e. The lowest BCUT2D eigenvalue weighted by molar-refractivity contribution is -0.145. The predicted molar refractivity (Wildman–Crippen MR) is 64.9 cm³/mol. The summed E-state index contributed by atoms with van der Waals surface area (Å²) in [7, 11) is 0. The first-order chi connectivity index (χ1) is 8.00. The Balaban J connectivity index is 2.60. The van der Waals surface area contributed by atoms with Crippen molar-refractivity contribution in [2.75, 3.05) is 0 Å². The van der Waals surface area contributed by atoms with Gasteiger partial charge in [0.15, 0.2) is 0 Å². The SMILES string of the molecule is CCC(C)NC(=O)NC1(C(=O)O)CCCCC1. The largest absolute Gasteiger partial charge is 0.480 e. The number of carboxylic acids is 1. The molecular weight excluding hydrogens is 220 g/mol. The molecule has 0 aliphatic heterocycles. The van der Waals surface area contributed by atoms with Crippen molar-refractivity contribution in [2.45, 2.75) is 64.0 Å². The van der Waals surface area contributed by atoms with Gasteiger partial charge in [0.1, 0.15) is 5.54 Å². The maximum absolute atomic E-state index is 11.7. The molecule has 3 N–H and O–H groups in total. The van der Waals surface area contributed by atoms with Crippen molar-refractivity contribution >= 4 is 12.0 Å². The van der Waals surface area contributed by atoms with Crippen LogP contribution in [0.3, 0.4) is 0 Å². The van der Waals surface area contributed by atoms with Gasteiger partial charge in [-0.1, -0.05) is 26.2 Å². The Morgan fingerprint density at radius 3 is 2.35 bits per heavy atom. The molecule has 0 spiro atoms. The molecule has 1 aliphatic carbocycles. The van der Waals surface area contributed by atoms with Gasteiger partial charge in [-0.2, -0.15) is 0 Å². The number of rotatable bonds is 4. The molecule has 1 atom stereocenters. The standard InChI is InChI=1S/C12H22N2O3/c1-3-9(2)13-11(17)14-12(10(15)16)7-5-4-6-8-12/h9H,3-8H2,1-2H3,(H,15,16)(H2,13,14,17). The molecule has 0 aromatic carbocycles. The fourth-order valence-electron chi connectivity index (χ4n) is 2.13. The number of carbonyl (C=O) groups is 2. The average Bonchev–Trinajstić information content (AvgIpc) is 2.29. The van der Waals surface area contributed by atoms with Crippen LogP contribution in [0.15, 0.2) is 0 Å². The smallest absolute Gasteiger partial charge is 0.329 e. The summed E-state index contributed by atoms with van der Waals surface area (Å²) in [4.78, 5) is 23.0. The number of aliphatic carboxylic acids is 1. The summed E-state index contributed by atoms with van der Waals surface area (Å²) in [5, 5.41) is 14.7. The molecule has 1 aliphatic rings. The fraction of sp³-hybridized carbons (Fsp3) is 0.833. The molecule has 5 heteroatoms. The zero-order valence-corrected chi connectivity index (χ0v) is 10.6. The van der Waals surface area contributed by atoms with Crippen LogP contribution in [-0.4, -0.2) is 28.7 Å².